The number of hydrogen-bond donors (Lipinski definition) is 3. The van der Waals surface area contributed by atoms with Gasteiger partial charge >= 0.3 is 0 Å². The summed E-state index contributed by atoms with van der Waals surface area (Å²) in [5.74, 6) is 1.35. The first-order chi connectivity index (χ1) is 11.8. The Labute approximate surface area is 156 Å². The summed E-state index contributed by atoms with van der Waals surface area (Å²) >= 11 is 0. The minimum Gasteiger partial charge on any atom is -0.330 e. The molecule has 0 heterocycles. The molecular weight excluding hydrogens is 306 g/mol. The van der Waals surface area contributed by atoms with E-state index in [4.69, 9.17) is 5.73 Å². The summed E-state index contributed by atoms with van der Waals surface area (Å²) in [7, 11) is 0. The lowest BCUT2D eigenvalue weighted by atomic mass is 9.72. The van der Waals surface area contributed by atoms with Crippen LogP contribution in [0.5, 0.6) is 0 Å². The van der Waals surface area contributed by atoms with Crippen molar-refractivity contribution in [3.63, 3.8) is 0 Å². The van der Waals surface area contributed by atoms with Gasteiger partial charge in [-0.15, -0.1) is 0 Å². The van der Waals surface area contributed by atoms with Crippen LogP contribution in [0.4, 0.5) is 0 Å². The van der Waals surface area contributed by atoms with Crippen molar-refractivity contribution < 1.29 is 0 Å². The maximum Gasteiger partial charge on any atom is 0.0205 e. The summed E-state index contributed by atoms with van der Waals surface area (Å²) in [6.07, 6.45) is 3.47. The molecule has 1 unspecified atom stereocenters. The molecule has 3 heteroatoms. The molecule has 0 aliphatic carbocycles. The molecule has 1 atom stereocenters. The number of rotatable bonds is 12. The van der Waals surface area contributed by atoms with Gasteiger partial charge in [-0.2, -0.15) is 0 Å². The van der Waals surface area contributed by atoms with E-state index in [0.717, 1.165) is 51.5 Å². The molecule has 0 amide bonds. The van der Waals surface area contributed by atoms with Gasteiger partial charge in [0.1, 0.15) is 0 Å². The summed E-state index contributed by atoms with van der Waals surface area (Å²) in [5, 5.41) is 6.95. The molecule has 0 aliphatic rings. The second-order valence-corrected chi connectivity index (χ2v) is 8.71. The largest absolute Gasteiger partial charge is 0.330 e. The molecule has 0 saturated carbocycles. The molecule has 0 radical (unpaired) electrons. The molecule has 144 valence electrons. The monoisotopic (exact) mass is 347 g/mol. The summed E-state index contributed by atoms with van der Waals surface area (Å²) in [5.41, 5.74) is 8.64. The average Bonchev–Trinajstić information content (AvgIpc) is 2.55. The van der Waals surface area contributed by atoms with Crippen molar-refractivity contribution in [2.75, 3.05) is 26.2 Å². The fourth-order valence-electron chi connectivity index (χ4n) is 3.25. The van der Waals surface area contributed by atoms with E-state index in [1.165, 1.54) is 17.5 Å². The van der Waals surface area contributed by atoms with E-state index >= 15 is 0 Å². The molecule has 0 fully saturated rings. The standard InChI is InChI=1S/C22H41N3/c1-18(2)16-21(22(3,4)5)20-10-8-19(9-11-20)17-25-15-7-14-24-13-6-12-23/h8-11,18,21,24-25H,6-7,12-17,23H2,1-5H3. The summed E-state index contributed by atoms with van der Waals surface area (Å²) in [6.45, 7) is 16.6. The van der Waals surface area contributed by atoms with E-state index in [1.807, 2.05) is 0 Å². The SMILES string of the molecule is CC(C)CC(c1ccc(CNCCCNCCCN)cc1)C(C)(C)C. The van der Waals surface area contributed by atoms with Crippen LogP contribution >= 0.6 is 0 Å². The minimum absolute atomic E-state index is 0.306. The van der Waals surface area contributed by atoms with Gasteiger partial charge in [-0.05, 0) is 73.8 Å². The van der Waals surface area contributed by atoms with Gasteiger partial charge in [0.2, 0.25) is 0 Å². The highest BCUT2D eigenvalue weighted by atomic mass is 14.9. The third-order valence-corrected chi connectivity index (χ3v) is 4.73. The quantitative estimate of drug-likeness (QED) is 0.495. The Morgan fingerprint density at radius 1 is 0.920 bits per heavy atom. The normalized spacial score (nSPS) is 13.4. The molecule has 25 heavy (non-hydrogen) atoms. The van der Waals surface area contributed by atoms with Crippen molar-refractivity contribution in [3.05, 3.63) is 35.4 Å². The van der Waals surface area contributed by atoms with E-state index < -0.39 is 0 Å². The Hall–Kier alpha value is -0.900. The van der Waals surface area contributed by atoms with Crippen LogP contribution in [-0.4, -0.2) is 26.2 Å². The first kappa shape index (κ1) is 22.1. The number of nitrogens with two attached hydrogens (primary N) is 1. The van der Waals surface area contributed by atoms with Gasteiger partial charge in [0.15, 0.2) is 0 Å². The molecule has 1 rings (SSSR count). The van der Waals surface area contributed by atoms with Crippen molar-refractivity contribution in [2.45, 2.75) is 66.3 Å². The zero-order valence-electron chi connectivity index (χ0n) is 17.2. The molecule has 0 saturated heterocycles. The third kappa shape index (κ3) is 9.39. The Morgan fingerprint density at radius 3 is 2.08 bits per heavy atom. The lowest BCUT2D eigenvalue weighted by Crippen LogP contribution is -2.23. The van der Waals surface area contributed by atoms with Crippen molar-refractivity contribution in [1.29, 1.82) is 0 Å². The van der Waals surface area contributed by atoms with Crippen molar-refractivity contribution in [1.82, 2.24) is 10.6 Å². The van der Waals surface area contributed by atoms with Gasteiger partial charge in [0, 0.05) is 6.54 Å². The molecule has 3 nitrogen and oxygen atoms in total. The minimum atomic E-state index is 0.306. The topological polar surface area (TPSA) is 50.1 Å². The maximum absolute atomic E-state index is 5.48. The highest BCUT2D eigenvalue weighted by Crippen LogP contribution is 2.39. The van der Waals surface area contributed by atoms with Crippen LogP contribution in [0.3, 0.4) is 0 Å². The molecular formula is C22H41N3. The second-order valence-electron chi connectivity index (χ2n) is 8.71. The van der Waals surface area contributed by atoms with Gasteiger partial charge in [-0.1, -0.05) is 58.9 Å². The predicted molar refractivity (Wildman–Crippen MR) is 111 cm³/mol. The van der Waals surface area contributed by atoms with Crippen LogP contribution in [0, 0.1) is 11.3 Å². The van der Waals surface area contributed by atoms with Gasteiger partial charge in [0.25, 0.3) is 0 Å². The first-order valence-electron chi connectivity index (χ1n) is 10.0. The highest BCUT2D eigenvalue weighted by Gasteiger charge is 2.26. The Kier molecular flexibility index (Phi) is 10.3. The molecule has 1 aromatic carbocycles. The lowest BCUT2D eigenvalue weighted by Gasteiger charge is -2.32. The van der Waals surface area contributed by atoms with E-state index in [1.54, 1.807) is 0 Å². The molecule has 0 aliphatic heterocycles. The molecule has 0 spiro atoms. The average molecular weight is 348 g/mol. The van der Waals surface area contributed by atoms with Gasteiger partial charge in [-0.25, -0.2) is 0 Å². The Morgan fingerprint density at radius 2 is 1.52 bits per heavy atom. The zero-order chi connectivity index (χ0) is 18.7. The van der Waals surface area contributed by atoms with E-state index in [-0.39, 0.29) is 0 Å². The lowest BCUT2D eigenvalue weighted by molar-refractivity contribution is 0.280. The molecule has 1 aromatic rings. The van der Waals surface area contributed by atoms with Gasteiger partial charge < -0.3 is 16.4 Å². The predicted octanol–water partition coefficient (Wildman–Crippen LogP) is 4.28. The van der Waals surface area contributed by atoms with Gasteiger partial charge in [-0.3, -0.25) is 0 Å². The maximum atomic E-state index is 5.48. The van der Waals surface area contributed by atoms with Crippen LogP contribution in [0.15, 0.2) is 24.3 Å². The van der Waals surface area contributed by atoms with Crippen molar-refractivity contribution in [2.24, 2.45) is 17.1 Å². The second kappa shape index (κ2) is 11.7. The van der Waals surface area contributed by atoms with Crippen molar-refractivity contribution in [3.8, 4) is 0 Å². The zero-order valence-corrected chi connectivity index (χ0v) is 17.2. The van der Waals surface area contributed by atoms with Crippen LogP contribution < -0.4 is 16.4 Å². The van der Waals surface area contributed by atoms with E-state index in [9.17, 15) is 0 Å². The van der Waals surface area contributed by atoms with Crippen molar-refractivity contribution >= 4 is 0 Å². The molecule has 0 aromatic heterocycles. The summed E-state index contributed by atoms with van der Waals surface area (Å²) in [4.78, 5) is 0. The number of nitrogens with one attached hydrogen (secondary N) is 2. The van der Waals surface area contributed by atoms with Gasteiger partial charge in [0.05, 0.1) is 0 Å². The molecule has 0 bridgehead atoms. The van der Waals surface area contributed by atoms with Crippen LogP contribution in [-0.2, 0) is 6.54 Å². The first-order valence-corrected chi connectivity index (χ1v) is 10.0. The number of hydrogen-bond acceptors (Lipinski definition) is 3. The number of benzene rings is 1. The Bertz CT molecular complexity index is 445. The third-order valence-electron chi connectivity index (χ3n) is 4.73. The highest BCUT2D eigenvalue weighted by molar-refractivity contribution is 5.26. The van der Waals surface area contributed by atoms with Crippen LogP contribution in [0.25, 0.3) is 0 Å². The fraction of sp³-hybridized carbons (Fsp3) is 0.727. The smallest absolute Gasteiger partial charge is 0.0205 e. The summed E-state index contributed by atoms with van der Waals surface area (Å²) in [6, 6.07) is 9.26. The van der Waals surface area contributed by atoms with E-state index in [0.29, 0.717) is 11.3 Å². The fourth-order valence-corrected chi connectivity index (χ4v) is 3.25. The van der Waals surface area contributed by atoms with Crippen LogP contribution in [0.1, 0.15) is 70.9 Å². The van der Waals surface area contributed by atoms with Crippen LogP contribution in [0.2, 0.25) is 0 Å². The molecule has 4 N–H and O–H groups in total. The van der Waals surface area contributed by atoms with E-state index in [2.05, 4.69) is 69.5 Å². The Balaban J connectivity index is 2.39. The summed E-state index contributed by atoms with van der Waals surface area (Å²) < 4.78 is 0.